The number of benzene rings is 2. The van der Waals surface area contributed by atoms with Crippen molar-refractivity contribution in [2.24, 2.45) is 5.73 Å². The Morgan fingerprint density at radius 1 is 1.13 bits per heavy atom. The van der Waals surface area contributed by atoms with E-state index in [1.807, 2.05) is 0 Å². The number of nitrogens with zero attached hydrogens (tertiary/aromatic N) is 1. The Kier molecular flexibility index (Phi) is 6.00. The summed E-state index contributed by atoms with van der Waals surface area (Å²) in [5.41, 5.74) is 5.49. The zero-order valence-electron chi connectivity index (χ0n) is 16.3. The van der Waals surface area contributed by atoms with E-state index >= 15 is 0 Å². The fourth-order valence-electron chi connectivity index (χ4n) is 3.08. The molecular weight excluding hydrogens is 415 g/mol. The molecule has 3 N–H and O–H groups in total. The number of ether oxygens (including phenoxy) is 1. The van der Waals surface area contributed by atoms with Crippen molar-refractivity contribution in [1.29, 1.82) is 0 Å². The van der Waals surface area contributed by atoms with Crippen molar-refractivity contribution >= 4 is 28.3 Å². The third kappa shape index (κ3) is 5.21. The van der Waals surface area contributed by atoms with E-state index in [0.717, 1.165) is 12.1 Å². The summed E-state index contributed by atoms with van der Waals surface area (Å²) in [6, 6.07) is 10.5. The fraction of sp³-hybridized carbons (Fsp3) is 0.190. The number of hydrogen-bond acceptors (Lipinski definition) is 4. The van der Waals surface area contributed by atoms with Crippen molar-refractivity contribution in [1.82, 2.24) is 4.57 Å². The molecule has 3 rings (SSSR count). The smallest absolute Gasteiger partial charge is 0.406 e. The first-order valence-electron chi connectivity index (χ1n) is 9.13. The molecule has 0 aliphatic rings. The van der Waals surface area contributed by atoms with Crippen LogP contribution in [0.5, 0.6) is 5.75 Å². The van der Waals surface area contributed by atoms with Crippen molar-refractivity contribution in [3.05, 3.63) is 70.6 Å². The SMILES string of the molecule is CC(C(N)=O)n1ccc2c(NC(=O)Cc3cccc(OC(F)(F)F)c3)cccc2c1=O. The molecule has 0 bridgehead atoms. The minimum atomic E-state index is -4.83. The molecule has 10 heteroatoms. The van der Waals surface area contributed by atoms with Crippen LogP contribution in [0, 0.1) is 0 Å². The van der Waals surface area contributed by atoms with Crippen molar-refractivity contribution in [2.75, 3.05) is 5.32 Å². The quantitative estimate of drug-likeness (QED) is 0.623. The number of carbonyl (C=O) groups excluding carboxylic acids is 2. The number of halogens is 3. The monoisotopic (exact) mass is 433 g/mol. The first-order valence-corrected chi connectivity index (χ1v) is 9.13. The van der Waals surface area contributed by atoms with Crippen LogP contribution in [0.3, 0.4) is 0 Å². The number of nitrogens with one attached hydrogen (secondary N) is 1. The normalized spacial score (nSPS) is 12.4. The molecule has 2 aromatic carbocycles. The first-order chi connectivity index (χ1) is 14.5. The number of pyridine rings is 1. The minimum absolute atomic E-state index is 0.207. The lowest BCUT2D eigenvalue weighted by Crippen LogP contribution is -2.31. The maximum Gasteiger partial charge on any atom is 0.573 e. The number of hydrogen-bond donors (Lipinski definition) is 2. The molecule has 1 unspecified atom stereocenters. The van der Waals surface area contributed by atoms with E-state index in [9.17, 15) is 27.6 Å². The van der Waals surface area contributed by atoms with Gasteiger partial charge in [-0.1, -0.05) is 18.2 Å². The van der Waals surface area contributed by atoms with Gasteiger partial charge in [-0.25, -0.2) is 0 Å². The summed E-state index contributed by atoms with van der Waals surface area (Å²) >= 11 is 0. The summed E-state index contributed by atoms with van der Waals surface area (Å²) in [6.45, 7) is 1.50. The van der Waals surface area contributed by atoms with Gasteiger partial charge >= 0.3 is 6.36 Å². The van der Waals surface area contributed by atoms with Gasteiger partial charge in [-0.05, 0) is 42.8 Å². The Bertz CT molecular complexity index is 1200. The number of alkyl halides is 3. The van der Waals surface area contributed by atoms with Gasteiger partial charge in [0.15, 0.2) is 0 Å². The van der Waals surface area contributed by atoms with Crippen LogP contribution in [0.1, 0.15) is 18.5 Å². The molecule has 162 valence electrons. The molecule has 0 aliphatic heterocycles. The molecule has 7 nitrogen and oxygen atoms in total. The lowest BCUT2D eigenvalue weighted by molar-refractivity contribution is -0.274. The second kappa shape index (κ2) is 8.50. The van der Waals surface area contributed by atoms with Gasteiger partial charge in [0, 0.05) is 22.7 Å². The topological polar surface area (TPSA) is 103 Å². The van der Waals surface area contributed by atoms with Gasteiger partial charge in [-0.15, -0.1) is 13.2 Å². The van der Waals surface area contributed by atoms with Crippen LogP contribution in [0.4, 0.5) is 18.9 Å². The van der Waals surface area contributed by atoms with Crippen LogP contribution in [-0.4, -0.2) is 22.7 Å². The predicted molar refractivity (Wildman–Crippen MR) is 108 cm³/mol. The van der Waals surface area contributed by atoms with Gasteiger partial charge in [0.1, 0.15) is 11.8 Å². The standard InChI is InChI=1S/C21H18F3N3O4/c1-12(19(25)29)27-9-8-15-16(20(27)30)6-3-7-17(15)26-18(28)11-13-4-2-5-14(10-13)31-21(22,23)24/h2-10,12H,11H2,1H3,(H2,25,29)(H,26,28). The molecule has 3 aromatic rings. The summed E-state index contributed by atoms with van der Waals surface area (Å²) in [5, 5.41) is 3.38. The third-order valence-corrected chi connectivity index (χ3v) is 4.57. The Morgan fingerprint density at radius 3 is 2.52 bits per heavy atom. The van der Waals surface area contributed by atoms with Crippen LogP contribution in [-0.2, 0) is 16.0 Å². The largest absolute Gasteiger partial charge is 0.573 e. The molecule has 1 heterocycles. The maximum absolute atomic E-state index is 12.7. The minimum Gasteiger partial charge on any atom is -0.406 e. The van der Waals surface area contributed by atoms with Gasteiger partial charge in [-0.2, -0.15) is 0 Å². The van der Waals surface area contributed by atoms with Crippen molar-refractivity contribution < 1.29 is 27.5 Å². The summed E-state index contributed by atoms with van der Waals surface area (Å²) < 4.78 is 42.2. The van der Waals surface area contributed by atoms with Gasteiger partial charge in [0.05, 0.1) is 6.42 Å². The first kappa shape index (κ1) is 21.9. The number of nitrogens with two attached hydrogens (primary N) is 1. The number of rotatable bonds is 6. The number of anilines is 1. The lowest BCUT2D eigenvalue weighted by Gasteiger charge is -2.14. The van der Waals surface area contributed by atoms with Crippen molar-refractivity contribution in [3.63, 3.8) is 0 Å². The van der Waals surface area contributed by atoms with Crippen molar-refractivity contribution in [3.8, 4) is 5.75 Å². The Hall–Kier alpha value is -3.82. The third-order valence-electron chi connectivity index (χ3n) is 4.57. The van der Waals surface area contributed by atoms with E-state index in [1.54, 1.807) is 24.3 Å². The Labute approximate surface area is 174 Å². The molecule has 2 amide bonds. The van der Waals surface area contributed by atoms with E-state index in [4.69, 9.17) is 5.73 Å². The highest BCUT2D eigenvalue weighted by Crippen LogP contribution is 2.24. The second-order valence-corrected chi connectivity index (χ2v) is 6.79. The predicted octanol–water partition coefficient (Wildman–Crippen LogP) is 3.13. The lowest BCUT2D eigenvalue weighted by atomic mass is 10.1. The van der Waals surface area contributed by atoms with Gasteiger partial charge in [0.2, 0.25) is 11.8 Å². The van der Waals surface area contributed by atoms with Gasteiger partial charge in [-0.3, -0.25) is 14.4 Å². The van der Waals surface area contributed by atoms with Crippen LogP contribution < -0.4 is 21.3 Å². The molecule has 0 saturated heterocycles. The van der Waals surface area contributed by atoms with Gasteiger partial charge < -0.3 is 20.4 Å². The van der Waals surface area contributed by atoms with Gasteiger partial charge in [0.25, 0.3) is 5.56 Å². The van der Waals surface area contributed by atoms with E-state index < -0.39 is 35.5 Å². The highest BCUT2D eigenvalue weighted by atomic mass is 19.4. The number of amides is 2. The number of primary amides is 1. The van der Waals surface area contributed by atoms with E-state index in [0.29, 0.717) is 16.6 Å². The molecule has 0 saturated carbocycles. The second-order valence-electron chi connectivity index (χ2n) is 6.79. The number of aromatic nitrogens is 1. The molecule has 0 aliphatic carbocycles. The average Bonchev–Trinajstić information content (AvgIpc) is 2.67. The molecular formula is C21H18F3N3O4. The number of carbonyl (C=O) groups is 2. The average molecular weight is 433 g/mol. The molecule has 0 spiro atoms. The Morgan fingerprint density at radius 2 is 1.84 bits per heavy atom. The zero-order chi connectivity index (χ0) is 22.8. The number of fused-ring (bicyclic) bond motifs is 1. The molecule has 31 heavy (non-hydrogen) atoms. The fourth-order valence-corrected chi connectivity index (χ4v) is 3.08. The summed E-state index contributed by atoms with van der Waals surface area (Å²) in [5.74, 6) is -1.58. The van der Waals surface area contributed by atoms with Crippen LogP contribution in [0.25, 0.3) is 10.8 Å². The highest BCUT2D eigenvalue weighted by molar-refractivity contribution is 6.02. The van der Waals surface area contributed by atoms with Crippen molar-refractivity contribution in [2.45, 2.75) is 25.7 Å². The summed E-state index contributed by atoms with van der Waals surface area (Å²) in [7, 11) is 0. The highest BCUT2D eigenvalue weighted by Gasteiger charge is 2.31. The molecule has 0 radical (unpaired) electrons. The summed E-state index contributed by atoms with van der Waals surface area (Å²) in [4.78, 5) is 36.6. The van der Waals surface area contributed by atoms with E-state index in [-0.39, 0.29) is 11.8 Å². The zero-order valence-corrected chi connectivity index (χ0v) is 16.3. The maximum atomic E-state index is 12.7. The molecule has 0 fully saturated rings. The Balaban J connectivity index is 1.83. The van der Waals surface area contributed by atoms with E-state index in [1.165, 1.54) is 29.8 Å². The van der Waals surface area contributed by atoms with E-state index in [2.05, 4.69) is 10.1 Å². The molecule has 1 atom stereocenters. The van der Waals surface area contributed by atoms with Crippen LogP contribution in [0.15, 0.2) is 59.5 Å². The molecule has 1 aromatic heterocycles. The summed E-state index contributed by atoms with van der Waals surface area (Å²) in [6.07, 6.45) is -3.63. The van der Waals surface area contributed by atoms with Crippen LogP contribution >= 0.6 is 0 Å². The van der Waals surface area contributed by atoms with Crippen LogP contribution in [0.2, 0.25) is 0 Å².